The number of unbranched alkanes of at least 4 members (excludes halogenated alkanes) is 16. The Balaban J connectivity index is 1.67. The Labute approximate surface area is 372 Å². The van der Waals surface area contributed by atoms with Gasteiger partial charge in [0.05, 0.1) is 25.9 Å². The second-order valence-corrected chi connectivity index (χ2v) is 19.2. The topological polar surface area (TPSA) is 77.5 Å². The van der Waals surface area contributed by atoms with Crippen molar-refractivity contribution >= 4 is 11.9 Å². The van der Waals surface area contributed by atoms with Crippen molar-refractivity contribution in [1.82, 2.24) is 9.80 Å². The molecular formula is C52H100N2O6. The van der Waals surface area contributed by atoms with Crippen LogP contribution in [-0.2, 0) is 28.5 Å². The van der Waals surface area contributed by atoms with E-state index in [9.17, 15) is 9.59 Å². The van der Waals surface area contributed by atoms with Gasteiger partial charge in [-0.3, -0.25) is 9.59 Å². The molecule has 8 heteroatoms. The van der Waals surface area contributed by atoms with Crippen LogP contribution in [0.2, 0.25) is 0 Å². The van der Waals surface area contributed by atoms with Crippen LogP contribution in [0.5, 0.6) is 0 Å². The highest BCUT2D eigenvalue weighted by Gasteiger charge is 2.40. The zero-order valence-electron chi connectivity index (χ0n) is 40.6. The van der Waals surface area contributed by atoms with Crippen molar-refractivity contribution in [3.63, 3.8) is 0 Å². The average molecular weight is 849 g/mol. The van der Waals surface area contributed by atoms with E-state index in [2.05, 4.69) is 44.5 Å². The van der Waals surface area contributed by atoms with Crippen LogP contribution >= 0.6 is 0 Å². The molecule has 2 saturated heterocycles. The van der Waals surface area contributed by atoms with E-state index in [4.69, 9.17) is 18.9 Å². The van der Waals surface area contributed by atoms with Crippen LogP contribution in [0, 0.1) is 11.8 Å². The summed E-state index contributed by atoms with van der Waals surface area (Å²) in [5, 5.41) is 0. The van der Waals surface area contributed by atoms with E-state index in [1.807, 2.05) is 0 Å². The molecule has 1 atom stereocenters. The molecule has 0 aromatic rings. The molecule has 2 aliphatic rings. The minimum atomic E-state index is -0.462. The lowest BCUT2D eigenvalue weighted by molar-refractivity contribution is -0.180. The van der Waals surface area contributed by atoms with E-state index >= 15 is 0 Å². The highest BCUT2D eigenvalue weighted by Crippen LogP contribution is 2.36. The van der Waals surface area contributed by atoms with Gasteiger partial charge in [-0.15, -0.1) is 0 Å². The number of piperazine rings is 1. The number of esters is 2. The Morgan fingerprint density at radius 2 is 0.967 bits per heavy atom. The van der Waals surface area contributed by atoms with E-state index < -0.39 is 5.79 Å². The Morgan fingerprint density at radius 3 is 1.40 bits per heavy atom. The molecule has 354 valence electrons. The summed E-state index contributed by atoms with van der Waals surface area (Å²) in [5.74, 6) is 0.916. The van der Waals surface area contributed by atoms with Crippen molar-refractivity contribution in [2.75, 3.05) is 59.6 Å². The van der Waals surface area contributed by atoms with Crippen molar-refractivity contribution in [2.24, 2.45) is 11.8 Å². The van der Waals surface area contributed by atoms with Crippen LogP contribution in [0.3, 0.4) is 0 Å². The first-order valence-corrected chi connectivity index (χ1v) is 26.4. The Hall–Kier alpha value is -1.22. The molecule has 0 amide bonds. The molecular weight excluding hydrogens is 749 g/mol. The summed E-state index contributed by atoms with van der Waals surface area (Å²) in [5.41, 5.74) is 0. The minimum absolute atomic E-state index is 0.0141. The van der Waals surface area contributed by atoms with Gasteiger partial charge < -0.3 is 28.7 Å². The van der Waals surface area contributed by atoms with E-state index in [0.29, 0.717) is 44.5 Å². The first-order chi connectivity index (χ1) is 29.3. The molecule has 0 saturated carbocycles. The Bertz CT molecular complexity index is 927. The molecule has 2 heterocycles. The van der Waals surface area contributed by atoms with Gasteiger partial charge in [0.1, 0.15) is 0 Å². The van der Waals surface area contributed by atoms with Crippen molar-refractivity contribution in [3.8, 4) is 0 Å². The van der Waals surface area contributed by atoms with Crippen molar-refractivity contribution in [1.29, 1.82) is 0 Å². The highest BCUT2D eigenvalue weighted by molar-refractivity contribution is 5.69. The summed E-state index contributed by atoms with van der Waals surface area (Å²) in [6, 6.07) is 0. The van der Waals surface area contributed by atoms with E-state index in [1.54, 1.807) is 0 Å². The molecule has 0 aromatic carbocycles. The Kier molecular flexibility index (Phi) is 34.0. The predicted molar refractivity (Wildman–Crippen MR) is 251 cm³/mol. The second kappa shape index (κ2) is 37.2. The molecule has 1 unspecified atom stereocenters. The second-order valence-electron chi connectivity index (χ2n) is 19.2. The molecule has 0 aliphatic carbocycles. The van der Waals surface area contributed by atoms with Gasteiger partial charge in [0.2, 0.25) is 0 Å². The summed E-state index contributed by atoms with van der Waals surface area (Å²) in [4.78, 5) is 30.0. The fraction of sp³-hybridized carbons (Fsp3) is 0.962. The predicted octanol–water partition coefficient (Wildman–Crippen LogP) is 13.6. The van der Waals surface area contributed by atoms with Gasteiger partial charge in [0, 0.05) is 58.4 Å². The van der Waals surface area contributed by atoms with E-state index in [1.165, 1.54) is 103 Å². The van der Waals surface area contributed by atoms with Gasteiger partial charge in [0.15, 0.2) is 5.79 Å². The number of likely N-dealkylation sites (N-methyl/N-ethyl adjacent to an activating group) is 1. The maximum Gasteiger partial charge on any atom is 0.305 e. The van der Waals surface area contributed by atoms with Gasteiger partial charge in [-0.2, -0.15) is 0 Å². The smallest absolute Gasteiger partial charge is 0.305 e. The monoisotopic (exact) mass is 849 g/mol. The molecule has 60 heavy (non-hydrogen) atoms. The SMILES string of the molecule is CCCCCC(CCCCC)CCOC(=O)CCCCCCCC1(CCCCCCCC(=O)OCCC(CCCCC)CCCCC)OCC(CCN2CCN(C)CC2)O1. The molecule has 0 radical (unpaired) electrons. The normalized spacial score (nSPS) is 17.3. The maximum atomic E-state index is 12.5. The standard InChI is InChI=1S/C52H100N2O6/c1-6-10-20-28-47(29-21-11-7-2)35-44-57-50(55)32-24-16-14-18-26-37-52(59-46-49(60-52)34-39-54-42-40-53(5)41-43-54)38-27-19-15-17-25-33-51(56)58-45-36-48(30-22-12-8-3)31-23-13-9-4/h47-49H,6-46H2,1-5H3. The Morgan fingerprint density at radius 1 is 0.550 bits per heavy atom. The lowest BCUT2D eigenvalue weighted by Gasteiger charge is -2.33. The van der Waals surface area contributed by atoms with Crippen LogP contribution < -0.4 is 0 Å². The molecule has 2 rings (SSSR count). The molecule has 0 N–H and O–H groups in total. The number of ether oxygens (including phenoxy) is 4. The van der Waals surface area contributed by atoms with Crippen molar-refractivity contribution in [3.05, 3.63) is 0 Å². The van der Waals surface area contributed by atoms with Crippen molar-refractivity contribution < 1.29 is 28.5 Å². The summed E-state index contributed by atoms with van der Waals surface area (Å²) in [7, 11) is 2.21. The fourth-order valence-electron chi connectivity index (χ4n) is 9.35. The highest BCUT2D eigenvalue weighted by atomic mass is 16.7. The van der Waals surface area contributed by atoms with Gasteiger partial charge in [-0.1, -0.05) is 169 Å². The quantitative estimate of drug-likeness (QED) is 0.0445. The summed E-state index contributed by atoms with van der Waals surface area (Å²) >= 11 is 0. The molecule has 0 aromatic heterocycles. The van der Waals surface area contributed by atoms with Crippen molar-refractivity contribution in [2.45, 2.75) is 251 Å². The molecule has 2 fully saturated rings. The summed E-state index contributed by atoms with van der Waals surface area (Å²) in [6.07, 6.45) is 37.6. The molecule has 0 spiro atoms. The maximum absolute atomic E-state index is 12.5. The zero-order chi connectivity index (χ0) is 43.4. The number of carbonyl (C=O) groups is 2. The third-order valence-electron chi connectivity index (χ3n) is 13.6. The van der Waals surface area contributed by atoms with Crippen LogP contribution in [0.25, 0.3) is 0 Å². The average Bonchev–Trinajstić information content (AvgIpc) is 3.65. The summed E-state index contributed by atoms with van der Waals surface area (Å²) < 4.78 is 24.8. The first kappa shape index (κ1) is 54.9. The third kappa shape index (κ3) is 28.5. The lowest BCUT2D eigenvalue weighted by atomic mass is 9.92. The van der Waals surface area contributed by atoms with Gasteiger partial charge in [0.25, 0.3) is 0 Å². The van der Waals surface area contributed by atoms with Crippen LogP contribution in [-0.4, -0.2) is 93.2 Å². The van der Waals surface area contributed by atoms with Crippen LogP contribution in [0.4, 0.5) is 0 Å². The first-order valence-electron chi connectivity index (χ1n) is 26.4. The lowest BCUT2D eigenvalue weighted by Crippen LogP contribution is -2.45. The number of hydrogen-bond acceptors (Lipinski definition) is 8. The van der Waals surface area contributed by atoms with Gasteiger partial charge >= 0.3 is 11.9 Å². The summed E-state index contributed by atoms with van der Waals surface area (Å²) in [6.45, 7) is 16.6. The van der Waals surface area contributed by atoms with E-state index in [0.717, 1.165) is 129 Å². The minimum Gasteiger partial charge on any atom is -0.466 e. The number of nitrogens with zero attached hydrogens (tertiary/aromatic N) is 2. The third-order valence-corrected chi connectivity index (χ3v) is 13.6. The number of rotatable bonds is 41. The van der Waals surface area contributed by atoms with E-state index in [-0.39, 0.29) is 18.0 Å². The van der Waals surface area contributed by atoms with Crippen LogP contribution in [0.1, 0.15) is 240 Å². The van der Waals surface area contributed by atoms with Gasteiger partial charge in [-0.25, -0.2) is 0 Å². The van der Waals surface area contributed by atoms with Crippen LogP contribution in [0.15, 0.2) is 0 Å². The molecule has 0 bridgehead atoms. The molecule has 8 nitrogen and oxygen atoms in total. The van der Waals surface area contributed by atoms with Gasteiger partial charge in [-0.05, 0) is 63.8 Å². The fourth-order valence-corrected chi connectivity index (χ4v) is 9.35. The number of hydrogen-bond donors (Lipinski definition) is 0. The number of carbonyl (C=O) groups excluding carboxylic acids is 2. The zero-order valence-corrected chi connectivity index (χ0v) is 40.6. The molecule has 2 aliphatic heterocycles. The largest absolute Gasteiger partial charge is 0.466 e.